The molecule has 0 bridgehead atoms. The Morgan fingerprint density at radius 1 is 1.00 bits per heavy atom. The van der Waals surface area contributed by atoms with Crippen molar-refractivity contribution in [1.29, 1.82) is 0 Å². The number of aryl methyl sites for hydroxylation is 1. The third kappa shape index (κ3) is 3.59. The van der Waals surface area contributed by atoms with Gasteiger partial charge < -0.3 is 25.2 Å². The molecule has 8 heteroatoms. The third-order valence-corrected chi connectivity index (χ3v) is 3.90. The first-order valence-corrected chi connectivity index (χ1v) is 8.20. The molecule has 0 amide bonds. The van der Waals surface area contributed by atoms with E-state index in [0.29, 0.717) is 34.6 Å². The largest absolute Gasteiger partial charge is 0.478 e. The second kappa shape index (κ2) is 6.83. The predicted molar refractivity (Wildman–Crippen MR) is 99.3 cm³/mol. The van der Waals surface area contributed by atoms with Gasteiger partial charge in [-0.1, -0.05) is 12.1 Å². The summed E-state index contributed by atoms with van der Waals surface area (Å²) in [5, 5.41) is 15.6. The van der Waals surface area contributed by atoms with Crippen molar-refractivity contribution in [2.45, 2.75) is 6.92 Å². The molecule has 136 valence electrons. The Bertz CT molecular complexity index is 1020. The summed E-state index contributed by atoms with van der Waals surface area (Å²) in [6.07, 6.45) is 0. The van der Waals surface area contributed by atoms with Crippen molar-refractivity contribution in [3.05, 3.63) is 59.9 Å². The van der Waals surface area contributed by atoms with Crippen molar-refractivity contribution in [3.63, 3.8) is 0 Å². The lowest BCUT2D eigenvalue weighted by atomic mass is 10.2. The van der Waals surface area contributed by atoms with Crippen LogP contribution in [0.15, 0.2) is 48.5 Å². The Kier molecular flexibility index (Phi) is 4.21. The Morgan fingerprint density at radius 2 is 1.74 bits per heavy atom. The van der Waals surface area contributed by atoms with Gasteiger partial charge in [0, 0.05) is 17.8 Å². The summed E-state index contributed by atoms with van der Waals surface area (Å²) in [6.45, 7) is 1.97. The highest BCUT2D eigenvalue weighted by Gasteiger charge is 2.14. The number of carboxylic acids is 1. The van der Waals surface area contributed by atoms with Crippen LogP contribution in [-0.4, -0.2) is 27.8 Å². The molecule has 2 aromatic carbocycles. The number of hydrogen-bond donors (Lipinski definition) is 3. The summed E-state index contributed by atoms with van der Waals surface area (Å²) in [5.74, 6) is 1.95. The Morgan fingerprint density at radius 3 is 2.56 bits per heavy atom. The molecule has 0 spiro atoms. The number of ether oxygens (including phenoxy) is 2. The maximum absolute atomic E-state index is 11.4. The highest BCUT2D eigenvalue weighted by atomic mass is 16.7. The zero-order chi connectivity index (χ0) is 18.8. The SMILES string of the molecule is Cc1nc(Nc2ccc3c(c2)OCO3)cc(Nc2ccccc2C(=O)O)n1. The van der Waals surface area contributed by atoms with Crippen LogP contribution in [0.4, 0.5) is 23.0 Å². The maximum Gasteiger partial charge on any atom is 0.337 e. The van der Waals surface area contributed by atoms with Crippen LogP contribution in [0.25, 0.3) is 0 Å². The number of hydrogen-bond acceptors (Lipinski definition) is 7. The van der Waals surface area contributed by atoms with Gasteiger partial charge in [-0.25, -0.2) is 14.8 Å². The van der Waals surface area contributed by atoms with Crippen molar-refractivity contribution >= 4 is 29.0 Å². The minimum atomic E-state index is -1.01. The minimum Gasteiger partial charge on any atom is -0.478 e. The number of carbonyl (C=O) groups is 1. The number of nitrogens with zero attached hydrogens (tertiary/aromatic N) is 2. The summed E-state index contributed by atoms with van der Waals surface area (Å²) in [6, 6.07) is 13.9. The van der Waals surface area contributed by atoms with Gasteiger partial charge >= 0.3 is 5.97 Å². The second-order valence-corrected chi connectivity index (χ2v) is 5.85. The van der Waals surface area contributed by atoms with Crippen molar-refractivity contribution in [2.24, 2.45) is 0 Å². The molecule has 1 aliphatic rings. The molecule has 0 unspecified atom stereocenters. The number of rotatable bonds is 5. The van der Waals surface area contributed by atoms with Gasteiger partial charge in [-0.05, 0) is 31.2 Å². The fourth-order valence-electron chi connectivity index (χ4n) is 2.73. The van der Waals surface area contributed by atoms with Crippen LogP contribution < -0.4 is 20.1 Å². The molecule has 0 atom stereocenters. The molecule has 2 heterocycles. The summed E-state index contributed by atoms with van der Waals surface area (Å²) < 4.78 is 10.7. The number of para-hydroxylation sites is 1. The smallest absolute Gasteiger partial charge is 0.337 e. The average Bonchev–Trinajstić information content (AvgIpc) is 3.09. The molecule has 0 saturated carbocycles. The number of nitrogens with one attached hydrogen (secondary N) is 2. The molecular formula is C19H16N4O4. The Hall–Kier alpha value is -3.81. The van der Waals surface area contributed by atoms with Crippen LogP contribution in [0.2, 0.25) is 0 Å². The number of carboxylic acid groups (broad SMARTS) is 1. The fourth-order valence-corrected chi connectivity index (χ4v) is 2.73. The highest BCUT2D eigenvalue weighted by molar-refractivity contribution is 5.95. The molecule has 1 aromatic heterocycles. The third-order valence-electron chi connectivity index (χ3n) is 3.90. The summed E-state index contributed by atoms with van der Waals surface area (Å²) in [5.41, 5.74) is 1.41. The van der Waals surface area contributed by atoms with E-state index in [1.165, 1.54) is 6.07 Å². The maximum atomic E-state index is 11.4. The highest BCUT2D eigenvalue weighted by Crippen LogP contribution is 2.35. The minimum absolute atomic E-state index is 0.166. The van der Waals surface area contributed by atoms with Gasteiger partial charge in [0.2, 0.25) is 6.79 Å². The molecule has 3 N–H and O–H groups in total. The number of anilines is 4. The van der Waals surface area contributed by atoms with Crippen LogP contribution in [0.5, 0.6) is 11.5 Å². The Labute approximate surface area is 154 Å². The standard InChI is InChI=1S/C19H16N4O4/c1-11-20-17(22-12-6-7-15-16(8-12)27-10-26-15)9-18(21-11)23-14-5-3-2-4-13(14)19(24)25/h2-9H,10H2,1H3,(H,24,25)(H2,20,21,22,23). The molecule has 27 heavy (non-hydrogen) atoms. The summed E-state index contributed by atoms with van der Waals surface area (Å²) in [7, 11) is 0. The number of aromatic carboxylic acids is 1. The monoisotopic (exact) mass is 364 g/mol. The molecule has 0 aliphatic carbocycles. The van der Waals surface area contributed by atoms with Crippen LogP contribution in [0.3, 0.4) is 0 Å². The normalized spacial score (nSPS) is 11.9. The molecule has 3 aromatic rings. The lowest BCUT2D eigenvalue weighted by molar-refractivity contribution is 0.0698. The first kappa shape index (κ1) is 16.6. The van der Waals surface area contributed by atoms with Crippen LogP contribution in [0.1, 0.15) is 16.2 Å². The van der Waals surface area contributed by atoms with Crippen molar-refractivity contribution in [3.8, 4) is 11.5 Å². The van der Waals surface area contributed by atoms with E-state index in [-0.39, 0.29) is 12.4 Å². The zero-order valence-corrected chi connectivity index (χ0v) is 14.4. The molecular weight excluding hydrogens is 348 g/mol. The van der Waals surface area contributed by atoms with Gasteiger partial charge in [0.1, 0.15) is 17.5 Å². The van der Waals surface area contributed by atoms with Crippen molar-refractivity contribution in [1.82, 2.24) is 9.97 Å². The van der Waals surface area contributed by atoms with Gasteiger partial charge in [0.25, 0.3) is 0 Å². The number of aromatic nitrogens is 2. The second-order valence-electron chi connectivity index (χ2n) is 5.85. The molecule has 4 rings (SSSR count). The molecule has 0 radical (unpaired) electrons. The quantitative estimate of drug-likeness (QED) is 0.629. The fraction of sp³-hybridized carbons (Fsp3) is 0.105. The van der Waals surface area contributed by atoms with E-state index in [1.54, 1.807) is 31.2 Å². The van der Waals surface area contributed by atoms with Gasteiger partial charge in [0.05, 0.1) is 11.3 Å². The van der Waals surface area contributed by atoms with E-state index in [0.717, 1.165) is 5.69 Å². The molecule has 0 saturated heterocycles. The van der Waals surface area contributed by atoms with Gasteiger partial charge in [0.15, 0.2) is 11.5 Å². The molecule has 8 nitrogen and oxygen atoms in total. The van der Waals surface area contributed by atoms with E-state index in [9.17, 15) is 9.90 Å². The van der Waals surface area contributed by atoms with E-state index < -0.39 is 5.97 Å². The van der Waals surface area contributed by atoms with Crippen LogP contribution >= 0.6 is 0 Å². The molecule has 0 fully saturated rings. The Balaban J connectivity index is 1.59. The van der Waals surface area contributed by atoms with E-state index >= 15 is 0 Å². The first-order valence-electron chi connectivity index (χ1n) is 8.20. The summed E-state index contributed by atoms with van der Waals surface area (Å²) >= 11 is 0. The number of benzene rings is 2. The lowest BCUT2D eigenvalue weighted by Gasteiger charge is -2.12. The lowest BCUT2D eigenvalue weighted by Crippen LogP contribution is -2.05. The van der Waals surface area contributed by atoms with Crippen LogP contribution in [0, 0.1) is 6.92 Å². The van der Waals surface area contributed by atoms with Crippen molar-refractivity contribution < 1.29 is 19.4 Å². The van der Waals surface area contributed by atoms with E-state index in [4.69, 9.17) is 9.47 Å². The van der Waals surface area contributed by atoms with Crippen molar-refractivity contribution in [2.75, 3.05) is 17.4 Å². The average molecular weight is 364 g/mol. The topological polar surface area (TPSA) is 106 Å². The molecule has 1 aliphatic heterocycles. The van der Waals surface area contributed by atoms with Crippen LogP contribution in [-0.2, 0) is 0 Å². The number of fused-ring (bicyclic) bond motifs is 1. The summed E-state index contributed by atoms with van der Waals surface area (Å²) in [4.78, 5) is 20.1. The van der Waals surface area contributed by atoms with E-state index in [1.807, 2.05) is 18.2 Å². The first-order chi connectivity index (χ1) is 13.1. The zero-order valence-electron chi connectivity index (χ0n) is 14.4. The van der Waals surface area contributed by atoms with E-state index in [2.05, 4.69) is 20.6 Å². The van der Waals surface area contributed by atoms with Gasteiger partial charge in [-0.2, -0.15) is 0 Å². The van der Waals surface area contributed by atoms with Gasteiger partial charge in [-0.15, -0.1) is 0 Å². The van der Waals surface area contributed by atoms with Gasteiger partial charge in [-0.3, -0.25) is 0 Å². The predicted octanol–water partition coefficient (Wildman–Crippen LogP) is 3.70.